The number of hydrogen-bond acceptors (Lipinski definition) is 0. The van der Waals surface area contributed by atoms with Crippen molar-refractivity contribution in [3.63, 3.8) is 0 Å². The molecule has 0 heterocycles. The van der Waals surface area contributed by atoms with Gasteiger partial charge >= 0.3 is 51.2 Å². The normalized spacial score (nSPS) is 26.4. The van der Waals surface area contributed by atoms with Crippen molar-refractivity contribution in [3.8, 4) is 11.1 Å². The van der Waals surface area contributed by atoms with Crippen molar-refractivity contribution < 1.29 is 25.8 Å². The first kappa shape index (κ1) is 35.7. The van der Waals surface area contributed by atoms with Gasteiger partial charge in [0.15, 0.2) is 0 Å². The van der Waals surface area contributed by atoms with Crippen molar-refractivity contribution in [2.24, 2.45) is 23.7 Å². The van der Waals surface area contributed by atoms with Crippen LogP contribution in [0.4, 0.5) is 0 Å². The predicted molar refractivity (Wildman–Crippen MR) is 178 cm³/mol. The van der Waals surface area contributed by atoms with Crippen LogP contribution in [0, 0.1) is 37.2 Å². The second-order valence-electron chi connectivity index (χ2n) is 12.2. The van der Waals surface area contributed by atoms with Gasteiger partial charge in [0.05, 0.1) is 0 Å². The van der Waals surface area contributed by atoms with Crippen molar-refractivity contribution in [2.75, 3.05) is 0 Å². The van der Waals surface area contributed by atoms with Crippen molar-refractivity contribution >= 4 is 20.9 Å². The first-order valence-electron chi connectivity index (χ1n) is 14.7. The van der Waals surface area contributed by atoms with Crippen LogP contribution in [0.1, 0.15) is 66.2 Å². The molecule has 0 aliphatic heterocycles. The average molecular weight is 771 g/mol. The maximum absolute atomic E-state index is 8.21. The molecule has 0 saturated heterocycles. The Bertz CT molecular complexity index is 1160. The molecule has 1 nitrogen and oxygen atoms in total. The second kappa shape index (κ2) is 17.0. The maximum atomic E-state index is 8.21. The molecular weight excluding hydrogens is 722 g/mol. The van der Waals surface area contributed by atoms with Gasteiger partial charge in [-0.2, -0.15) is 11.1 Å². The van der Waals surface area contributed by atoms with Gasteiger partial charge in [0, 0.05) is 25.8 Å². The van der Waals surface area contributed by atoms with E-state index in [-0.39, 0.29) is 38.8 Å². The molecule has 4 saturated carbocycles. The molecule has 8 rings (SSSR count). The van der Waals surface area contributed by atoms with Crippen LogP contribution in [0.3, 0.4) is 0 Å². The fraction of sp³-hybridized carbons (Fsp3) is 0.395. The van der Waals surface area contributed by atoms with Gasteiger partial charge in [-0.15, -0.1) is 12.5 Å². The third kappa shape index (κ3) is 10.6. The van der Waals surface area contributed by atoms with Crippen LogP contribution < -0.4 is 4.40 Å². The first-order chi connectivity index (χ1) is 18.7. The molecule has 1 N–H and O–H groups in total. The monoisotopic (exact) mass is 773 g/mol. The van der Waals surface area contributed by atoms with E-state index in [0.29, 0.717) is 5.92 Å². The van der Waals surface area contributed by atoms with Crippen LogP contribution in [0.15, 0.2) is 108 Å². The molecule has 217 valence electrons. The van der Waals surface area contributed by atoms with Gasteiger partial charge in [-0.05, 0) is 48.1 Å². The minimum atomic E-state index is 0. The summed E-state index contributed by atoms with van der Waals surface area (Å²) in [6, 6.07) is 31.2. The molecule has 0 spiro atoms. The van der Waals surface area contributed by atoms with E-state index in [0.717, 1.165) is 17.8 Å². The van der Waals surface area contributed by atoms with Gasteiger partial charge in [-0.1, -0.05) is 107 Å². The summed E-state index contributed by atoms with van der Waals surface area (Å²) in [5, 5.41) is 0. The van der Waals surface area contributed by atoms with Crippen LogP contribution >= 0.6 is 0 Å². The first-order valence-corrected chi connectivity index (χ1v) is 16.2. The van der Waals surface area contributed by atoms with Gasteiger partial charge in [-0.25, -0.2) is 5.57 Å². The predicted octanol–water partition coefficient (Wildman–Crippen LogP) is 9.48. The molecule has 0 amide bonds. The fourth-order valence-electron chi connectivity index (χ4n) is 7.01. The Morgan fingerprint density at radius 1 is 0.683 bits per heavy atom. The molecular formula is C38H49GeHfN-3. The van der Waals surface area contributed by atoms with E-state index in [9.17, 15) is 0 Å². The van der Waals surface area contributed by atoms with Crippen molar-refractivity contribution in [1.82, 2.24) is 0 Å². The molecule has 3 heteroatoms. The minimum Gasteiger partial charge on any atom is -0.672 e. The third-order valence-corrected chi connectivity index (χ3v) is 9.99. The van der Waals surface area contributed by atoms with E-state index in [1.165, 1.54) is 87.3 Å². The molecule has 5 aliphatic rings. The zero-order chi connectivity index (χ0) is 27.8. The van der Waals surface area contributed by atoms with Gasteiger partial charge < -0.3 is 13.2 Å². The zero-order valence-corrected chi connectivity index (χ0v) is 32.5. The maximum Gasteiger partial charge on any atom is 0 e. The topological polar surface area (TPSA) is 23.8 Å². The summed E-state index contributed by atoms with van der Waals surface area (Å²) in [6.07, 6.45) is 11.5. The summed E-state index contributed by atoms with van der Waals surface area (Å²) in [5.41, 5.74) is 15.1. The number of benzene rings is 3. The number of rotatable bonds is 1. The Labute approximate surface area is 278 Å². The molecule has 5 aliphatic carbocycles. The smallest absolute Gasteiger partial charge is 0 e. The van der Waals surface area contributed by atoms with E-state index in [2.05, 4.69) is 107 Å². The van der Waals surface area contributed by atoms with Crippen LogP contribution in [0.2, 0.25) is 0 Å². The van der Waals surface area contributed by atoms with Crippen LogP contribution in [0.5, 0.6) is 0 Å². The van der Waals surface area contributed by atoms with Gasteiger partial charge in [0.2, 0.25) is 0 Å². The summed E-state index contributed by atoms with van der Waals surface area (Å²) in [7, 11) is 0. The van der Waals surface area contributed by atoms with Crippen LogP contribution in [0.25, 0.3) is 16.9 Å². The molecule has 3 aromatic carbocycles. The minimum absolute atomic E-state index is 0. The van der Waals surface area contributed by atoms with Crippen molar-refractivity contribution in [1.29, 1.82) is 0 Å². The standard InChI is InChI=1S/C12H10.C10H16N.C9H13.C6H7Ge.CH3.Hf/c1-3-7-11(8-4-1)12-9-5-2-6-10-12;11-10-4-7-1-8(5-10)3-9(2-7)6-10;1-6-5-7(2)9(4)8(6)3;7-6-4-2-1-3-5-6;;/h1-10H;7-9,11H,1-6H2;6H,1-4H3;1-5H,7H2;1H3;/q;2*-1;;-1;. The fourth-order valence-corrected chi connectivity index (χ4v) is 7.58. The Kier molecular flexibility index (Phi) is 14.8. The Hall–Kier alpha value is -1.49. The zero-order valence-electron chi connectivity index (χ0n) is 25.9. The SMILES string of the molecule is CC1=[C-]C(C)C(C)=C1C.[CH3-].[GeH2][c]1ccccc1.[Hf].[NH-]C12CC3CC(CC(C3)C1)C2.c1ccc(-c2ccccc2)cc1. The van der Waals surface area contributed by atoms with Crippen LogP contribution in [-0.4, -0.2) is 22.1 Å². The third-order valence-electron chi connectivity index (χ3n) is 9.00. The second-order valence-corrected chi connectivity index (χ2v) is 13.9. The summed E-state index contributed by atoms with van der Waals surface area (Å²) < 4.78 is 1.45. The number of nitrogens with one attached hydrogen (secondary N) is 1. The van der Waals surface area contributed by atoms with Gasteiger partial charge in [0.1, 0.15) is 0 Å². The van der Waals surface area contributed by atoms with E-state index < -0.39 is 0 Å². The van der Waals surface area contributed by atoms with Crippen LogP contribution in [-0.2, 0) is 25.8 Å². The molecule has 0 aromatic heterocycles. The molecule has 1 unspecified atom stereocenters. The summed E-state index contributed by atoms with van der Waals surface area (Å²) >= 11 is 1.26. The van der Waals surface area contributed by atoms with Gasteiger partial charge in [0.25, 0.3) is 0 Å². The Morgan fingerprint density at radius 2 is 1.05 bits per heavy atom. The van der Waals surface area contributed by atoms with Gasteiger partial charge in [-0.3, -0.25) is 6.08 Å². The van der Waals surface area contributed by atoms with Crippen molar-refractivity contribution in [2.45, 2.75) is 71.8 Å². The summed E-state index contributed by atoms with van der Waals surface area (Å²) in [5.74, 6) is 3.43. The van der Waals surface area contributed by atoms with E-state index in [1.54, 1.807) is 0 Å². The quantitative estimate of drug-likeness (QED) is 0.174. The number of hydrogen-bond donors (Lipinski definition) is 0. The molecule has 4 fully saturated rings. The average Bonchev–Trinajstić information content (AvgIpc) is 3.15. The Morgan fingerprint density at radius 3 is 1.27 bits per heavy atom. The molecule has 1 atom stereocenters. The summed E-state index contributed by atoms with van der Waals surface area (Å²) in [4.78, 5) is 0. The molecule has 4 bridgehead atoms. The van der Waals surface area contributed by atoms with E-state index >= 15 is 0 Å². The molecule has 3 aromatic rings. The molecule has 41 heavy (non-hydrogen) atoms. The molecule has 1 radical (unpaired) electrons. The summed E-state index contributed by atoms with van der Waals surface area (Å²) in [6.45, 7) is 8.67. The van der Waals surface area contributed by atoms with E-state index in [1.807, 2.05) is 18.2 Å². The van der Waals surface area contributed by atoms with E-state index in [4.69, 9.17) is 5.73 Å². The van der Waals surface area contributed by atoms with Crippen molar-refractivity contribution in [3.05, 3.63) is 127 Å². The largest absolute Gasteiger partial charge is 0.672 e. The number of allylic oxidation sites excluding steroid dienone is 4. The Balaban J connectivity index is 0.000000192.